The van der Waals surface area contributed by atoms with E-state index in [0.717, 1.165) is 0 Å². The van der Waals surface area contributed by atoms with Crippen molar-refractivity contribution in [3.8, 4) is 0 Å². The Balaban J connectivity index is 2.68. The molecule has 0 aliphatic rings. The number of aliphatic hydroxyl groups is 1. The molecule has 3 N–H and O–H groups in total. The van der Waals surface area contributed by atoms with Crippen LogP contribution in [0, 0.1) is 0 Å². The summed E-state index contributed by atoms with van der Waals surface area (Å²) in [5, 5.41) is 15.3. The van der Waals surface area contributed by atoms with E-state index in [9.17, 15) is 8.42 Å². The summed E-state index contributed by atoms with van der Waals surface area (Å²) >= 11 is 0. The monoisotopic (exact) mass is 301 g/mol. The van der Waals surface area contributed by atoms with E-state index in [0.29, 0.717) is 25.3 Å². The molecule has 6 nitrogen and oxygen atoms in total. The molecule has 1 aromatic rings. The second-order valence-electron chi connectivity index (χ2n) is 4.76. The van der Waals surface area contributed by atoms with Gasteiger partial charge in [-0.1, -0.05) is 12.1 Å². The average molecular weight is 301 g/mol. The summed E-state index contributed by atoms with van der Waals surface area (Å²) < 4.78 is 25.5. The molecule has 0 amide bonds. The third kappa shape index (κ3) is 4.75. The van der Waals surface area contributed by atoms with Gasteiger partial charge in [-0.25, -0.2) is 12.7 Å². The first kappa shape index (κ1) is 16.9. The number of hydrogen-bond donors (Lipinski definition) is 3. The predicted octanol–water partition coefficient (Wildman–Crippen LogP) is 0.319. The van der Waals surface area contributed by atoms with Crippen LogP contribution in [0.5, 0.6) is 0 Å². The number of anilines is 1. The van der Waals surface area contributed by atoms with Crippen molar-refractivity contribution in [2.45, 2.75) is 17.9 Å². The summed E-state index contributed by atoms with van der Waals surface area (Å²) in [4.78, 5) is 0.264. The molecule has 0 fully saturated rings. The maximum absolute atomic E-state index is 12.2. The van der Waals surface area contributed by atoms with Crippen LogP contribution in [0.4, 0.5) is 5.69 Å². The highest BCUT2D eigenvalue weighted by atomic mass is 32.2. The zero-order chi connectivity index (χ0) is 15.2. The van der Waals surface area contributed by atoms with Crippen molar-refractivity contribution >= 4 is 15.7 Å². The van der Waals surface area contributed by atoms with Gasteiger partial charge in [0.25, 0.3) is 0 Å². The van der Waals surface area contributed by atoms with E-state index in [-0.39, 0.29) is 4.90 Å². The first-order chi connectivity index (χ1) is 9.35. The molecule has 20 heavy (non-hydrogen) atoms. The van der Waals surface area contributed by atoms with Gasteiger partial charge in [0.1, 0.15) is 4.90 Å². The average Bonchev–Trinajstić information content (AvgIpc) is 2.38. The van der Waals surface area contributed by atoms with Gasteiger partial charge in [0.05, 0.1) is 11.8 Å². The highest BCUT2D eigenvalue weighted by Crippen LogP contribution is 2.22. The van der Waals surface area contributed by atoms with Gasteiger partial charge in [-0.3, -0.25) is 0 Å². The summed E-state index contributed by atoms with van der Waals surface area (Å²) in [5.41, 5.74) is 0.583. The highest BCUT2D eigenvalue weighted by molar-refractivity contribution is 7.89. The Kier molecular flexibility index (Phi) is 6.41. The van der Waals surface area contributed by atoms with Crippen LogP contribution < -0.4 is 10.6 Å². The van der Waals surface area contributed by atoms with Crippen LogP contribution in [-0.4, -0.2) is 57.7 Å². The molecule has 0 saturated heterocycles. The Morgan fingerprint density at radius 2 is 1.90 bits per heavy atom. The predicted molar refractivity (Wildman–Crippen MR) is 80.4 cm³/mol. The first-order valence-electron chi connectivity index (χ1n) is 6.50. The Morgan fingerprint density at radius 1 is 1.25 bits per heavy atom. The van der Waals surface area contributed by atoms with Crippen LogP contribution in [0.1, 0.15) is 6.92 Å². The molecule has 1 rings (SSSR count). The van der Waals surface area contributed by atoms with Crippen LogP contribution in [0.2, 0.25) is 0 Å². The number of para-hydroxylation sites is 1. The van der Waals surface area contributed by atoms with Crippen molar-refractivity contribution in [1.29, 1.82) is 0 Å². The molecule has 114 valence electrons. The molecule has 0 bridgehead atoms. The maximum Gasteiger partial charge on any atom is 0.244 e. The van der Waals surface area contributed by atoms with Crippen molar-refractivity contribution in [3.05, 3.63) is 24.3 Å². The van der Waals surface area contributed by atoms with E-state index in [1.54, 1.807) is 31.2 Å². The molecule has 0 radical (unpaired) electrons. The molecule has 0 aliphatic carbocycles. The fraction of sp³-hybridized carbons (Fsp3) is 0.538. The smallest absolute Gasteiger partial charge is 0.244 e. The van der Waals surface area contributed by atoms with Gasteiger partial charge in [-0.15, -0.1) is 0 Å². The zero-order valence-electron chi connectivity index (χ0n) is 12.1. The van der Waals surface area contributed by atoms with E-state index < -0.39 is 16.1 Å². The van der Waals surface area contributed by atoms with Crippen LogP contribution in [0.15, 0.2) is 29.2 Å². The number of hydrogen-bond acceptors (Lipinski definition) is 5. The molecule has 0 aliphatic heterocycles. The molecule has 0 spiro atoms. The van der Waals surface area contributed by atoms with Gasteiger partial charge < -0.3 is 15.7 Å². The highest BCUT2D eigenvalue weighted by Gasteiger charge is 2.20. The molecular weight excluding hydrogens is 278 g/mol. The number of benzene rings is 1. The molecular formula is C13H23N3O3S. The SMILES string of the molecule is CC(O)CNCCNc1ccccc1S(=O)(=O)N(C)C. The van der Waals surface area contributed by atoms with E-state index >= 15 is 0 Å². The van der Waals surface area contributed by atoms with Crippen molar-refractivity contribution in [2.24, 2.45) is 0 Å². The lowest BCUT2D eigenvalue weighted by atomic mass is 10.3. The van der Waals surface area contributed by atoms with Gasteiger partial charge in [-0.05, 0) is 19.1 Å². The quantitative estimate of drug-likeness (QED) is 0.603. The van der Waals surface area contributed by atoms with E-state index in [1.807, 2.05) is 0 Å². The topological polar surface area (TPSA) is 81.7 Å². The lowest BCUT2D eigenvalue weighted by Gasteiger charge is -2.16. The summed E-state index contributed by atoms with van der Waals surface area (Å²) in [6.07, 6.45) is -0.392. The lowest BCUT2D eigenvalue weighted by molar-refractivity contribution is 0.192. The minimum Gasteiger partial charge on any atom is -0.392 e. The number of sulfonamides is 1. The molecule has 1 unspecified atom stereocenters. The minimum absolute atomic E-state index is 0.264. The van der Waals surface area contributed by atoms with Gasteiger partial charge >= 0.3 is 0 Å². The molecule has 0 aromatic heterocycles. The second kappa shape index (κ2) is 7.58. The van der Waals surface area contributed by atoms with Crippen molar-refractivity contribution in [3.63, 3.8) is 0 Å². The van der Waals surface area contributed by atoms with Crippen LogP contribution in [0.25, 0.3) is 0 Å². The van der Waals surface area contributed by atoms with Crippen LogP contribution >= 0.6 is 0 Å². The van der Waals surface area contributed by atoms with Crippen molar-refractivity contribution in [2.75, 3.05) is 39.0 Å². The molecule has 0 heterocycles. The van der Waals surface area contributed by atoms with Crippen molar-refractivity contribution in [1.82, 2.24) is 9.62 Å². The first-order valence-corrected chi connectivity index (χ1v) is 7.94. The summed E-state index contributed by atoms with van der Waals surface area (Å²) in [7, 11) is -0.433. The number of nitrogens with zero attached hydrogens (tertiary/aromatic N) is 1. The fourth-order valence-electron chi connectivity index (χ4n) is 1.63. The molecule has 7 heteroatoms. The summed E-state index contributed by atoms with van der Waals surface area (Å²) in [5.74, 6) is 0. The fourth-order valence-corrected chi connectivity index (χ4v) is 2.69. The van der Waals surface area contributed by atoms with Gasteiger partial charge in [-0.2, -0.15) is 0 Å². The van der Waals surface area contributed by atoms with Gasteiger partial charge in [0, 0.05) is 33.7 Å². The number of rotatable bonds is 8. The maximum atomic E-state index is 12.2. The second-order valence-corrected chi connectivity index (χ2v) is 6.88. The lowest BCUT2D eigenvalue weighted by Crippen LogP contribution is -2.29. The van der Waals surface area contributed by atoms with E-state index in [4.69, 9.17) is 5.11 Å². The Morgan fingerprint density at radius 3 is 2.50 bits per heavy atom. The molecule has 1 aromatic carbocycles. The van der Waals surface area contributed by atoms with Gasteiger partial charge in [0.15, 0.2) is 0 Å². The Bertz CT molecular complexity index is 515. The largest absolute Gasteiger partial charge is 0.392 e. The number of aliphatic hydroxyl groups excluding tert-OH is 1. The summed E-state index contributed by atoms with van der Waals surface area (Å²) in [6.45, 7) is 3.44. The zero-order valence-corrected chi connectivity index (χ0v) is 12.9. The van der Waals surface area contributed by atoms with Gasteiger partial charge in [0.2, 0.25) is 10.0 Å². The summed E-state index contributed by atoms with van der Waals surface area (Å²) in [6, 6.07) is 6.82. The van der Waals surface area contributed by atoms with E-state index in [1.165, 1.54) is 18.4 Å². The third-order valence-electron chi connectivity index (χ3n) is 2.70. The Labute approximate surface area is 120 Å². The molecule has 0 saturated carbocycles. The van der Waals surface area contributed by atoms with E-state index in [2.05, 4.69) is 10.6 Å². The normalized spacial score (nSPS) is 13.4. The minimum atomic E-state index is -3.45. The standard InChI is InChI=1S/C13H23N3O3S/c1-11(17)10-14-8-9-15-12-6-4-5-7-13(12)20(18,19)16(2)3/h4-7,11,14-15,17H,8-10H2,1-3H3. The van der Waals surface area contributed by atoms with Crippen LogP contribution in [-0.2, 0) is 10.0 Å². The number of nitrogens with one attached hydrogen (secondary N) is 2. The third-order valence-corrected chi connectivity index (χ3v) is 4.58. The van der Waals surface area contributed by atoms with Crippen LogP contribution in [0.3, 0.4) is 0 Å². The Hall–Kier alpha value is -1.15. The van der Waals surface area contributed by atoms with Crippen molar-refractivity contribution < 1.29 is 13.5 Å². The molecule has 1 atom stereocenters.